The van der Waals surface area contributed by atoms with Crippen molar-refractivity contribution in [3.8, 4) is 0 Å². The molecule has 3 heteroatoms. The molecule has 2 rings (SSSR count). The van der Waals surface area contributed by atoms with Gasteiger partial charge in [-0.15, -0.1) is 0 Å². The van der Waals surface area contributed by atoms with E-state index in [-0.39, 0.29) is 11.1 Å². The number of rotatable bonds is 2. The standard InChI is InChI=1S/C15H12F2O/c1-9-5-3-4-6-11(9)15(18)12-8-13(16)10(2)7-14(12)17/h3-8H,1-2H3. The first kappa shape index (κ1) is 12.4. The Kier molecular flexibility index (Phi) is 3.24. The van der Waals surface area contributed by atoms with Crippen LogP contribution in [0, 0.1) is 25.5 Å². The monoisotopic (exact) mass is 246 g/mol. The molecule has 0 aliphatic carbocycles. The average molecular weight is 246 g/mol. The third-order valence-corrected chi connectivity index (χ3v) is 2.88. The molecule has 0 saturated carbocycles. The molecule has 2 aromatic carbocycles. The fourth-order valence-corrected chi connectivity index (χ4v) is 1.79. The summed E-state index contributed by atoms with van der Waals surface area (Å²) >= 11 is 0. The highest BCUT2D eigenvalue weighted by Gasteiger charge is 2.17. The number of carbonyl (C=O) groups is 1. The van der Waals surface area contributed by atoms with E-state index >= 15 is 0 Å². The fraction of sp³-hybridized carbons (Fsp3) is 0.133. The quantitative estimate of drug-likeness (QED) is 0.736. The van der Waals surface area contributed by atoms with Crippen molar-refractivity contribution in [2.45, 2.75) is 13.8 Å². The summed E-state index contributed by atoms with van der Waals surface area (Å²) in [4.78, 5) is 12.1. The molecule has 0 N–H and O–H groups in total. The van der Waals surface area contributed by atoms with E-state index in [1.165, 1.54) is 6.92 Å². The minimum Gasteiger partial charge on any atom is -0.288 e. The van der Waals surface area contributed by atoms with Gasteiger partial charge in [-0.3, -0.25) is 4.79 Å². The Morgan fingerprint density at radius 3 is 2.22 bits per heavy atom. The molecule has 0 amide bonds. The zero-order chi connectivity index (χ0) is 13.3. The molecule has 0 aliphatic rings. The van der Waals surface area contributed by atoms with Gasteiger partial charge < -0.3 is 0 Å². The molecule has 0 aromatic heterocycles. The third kappa shape index (κ3) is 2.16. The van der Waals surface area contributed by atoms with Crippen LogP contribution in [0.2, 0.25) is 0 Å². The molecule has 0 bridgehead atoms. The van der Waals surface area contributed by atoms with Crippen LogP contribution in [-0.2, 0) is 0 Å². The van der Waals surface area contributed by atoms with Gasteiger partial charge in [-0.2, -0.15) is 0 Å². The molecule has 0 fully saturated rings. The van der Waals surface area contributed by atoms with Crippen molar-refractivity contribution in [1.82, 2.24) is 0 Å². The lowest BCUT2D eigenvalue weighted by molar-refractivity contribution is 0.103. The number of benzene rings is 2. The summed E-state index contributed by atoms with van der Waals surface area (Å²) in [5.74, 6) is -1.76. The van der Waals surface area contributed by atoms with Gasteiger partial charge in [0.2, 0.25) is 0 Å². The molecule has 0 atom stereocenters. The minimum atomic E-state index is -0.692. The summed E-state index contributed by atoms with van der Waals surface area (Å²) in [5.41, 5.74) is 1.09. The van der Waals surface area contributed by atoms with E-state index in [4.69, 9.17) is 0 Å². The second-order valence-corrected chi connectivity index (χ2v) is 4.23. The zero-order valence-electron chi connectivity index (χ0n) is 10.1. The largest absolute Gasteiger partial charge is 0.288 e. The van der Waals surface area contributed by atoms with Crippen LogP contribution in [0.15, 0.2) is 36.4 Å². The smallest absolute Gasteiger partial charge is 0.196 e. The first-order valence-corrected chi connectivity index (χ1v) is 5.56. The van der Waals surface area contributed by atoms with Gasteiger partial charge in [0.1, 0.15) is 11.6 Å². The van der Waals surface area contributed by atoms with Gasteiger partial charge in [0.25, 0.3) is 0 Å². The Bertz CT molecular complexity index is 618. The lowest BCUT2D eigenvalue weighted by atomic mass is 9.98. The van der Waals surface area contributed by atoms with Gasteiger partial charge >= 0.3 is 0 Å². The molecular formula is C15H12F2O. The van der Waals surface area contributed by atoms with Crippen molar-refractivity contribution < 1.29 is 13.6 Å². The van der Waals surface area contributed by atoms with Crippen molar-refractivity contribution in [3.63, 3.8) is 0 Å². The van der Waals surface area contributed by atoms with Crippen molar-refractivity contribution >= 4 is 5.78 Å². The topological polar surface area (TPSA) is 17.1 Å². The van der Waals surface area contributed by atoms with Crippen molar-refractivity contribution in [3.05, 3.63) is 70.3 Å². The number of ketones is 1. The number of aryl methyl sites for hydroxylation is 2. The molecule has 0 saturated heterocycles. The van der Waals surface area contributed by atoms with Crippen LogP contribution in [0.5, 0.6) is 0 Å². The van der Waals surface area contributed by atoms with Gasteiger partial charge in [-0.25, -0.2) is 8.78 Å². The molecule has 92 valence electrons. The second kappa shape index (κ2) is 4.69. The Labute approximate surface area is 104 Å². The second-order valence-electron chi connectivity index (χ2n) is 4.23. The summed E-state index contributed by atoms with van der Waals surface area (Å²) in [7, 11) is 0. The van der Waals surface area contributed by atoms with E-state index in [9.17, 15) is 13.6 Å². The summed E-state index contributed by atoms with van der Waals surface area (Å²) in [5, 5.41) is 0. The lowest BCUT2D eigenvalue weighted by Gasteiger charge is -2.07. The lowest BCUT2D eigenvalue weighted by Crippen LogP contribution is -2.07. The number of halogens is 2. The molecule has 0 unspecified atom stereocenters. The highest BCUT2D eigenvalue weighted by Crippen LogP contribution is 2.19. The summed E-state index contributed by atoms with van der Waals surface area (Å²) in [6, 6.07) is 8.85. The Morgan fingerprint density at radius 1 is 0.889 bits per heavy atom. The molecule has 1 nitrogen and oxygen atoms in total. The summed E-state index contributed by atoms with van der Waals surface area (Å²) in [6.07, 6.45) is 0. The van der Waals surface area contributed by atoms with Gasteiger partial charge in [-0.05, 0) is 37.1 Å². The molecule has 0 aliphatic heterocycles. The summed E-state index contributed by atoms with van der Waals surface area (Å²) in [6.45, 7) is 3.22. The number of carbonyl (C=O) groups excluding carboxylic acids is 1. The third-order valence-electron chi connectivity index (χ3n) is 2.88. The van der Waals surface area contributed by atoms with Crippen LogP contribution in [0.4, 0.5) is 8.78 Å². The van der Waals surface area contributed by atoms with Crippen LogP contribution >= 0.6 is 0 Å². The van der Waals surface area contributed by atoms with Crippen LogP contribution in [-0.4, -0.2) is 5.78 Å². The van der Waals surface area contributed by atoms with E-state index in [1.807, 2.05) is 0 Å². The molecular weight excluding hydrogens is 234 g/mol. The van der Waals surface area contributed by atoms with Crippen LogP contribution < -0.4 is 0 Å². The van der Waals surface area contributed by atoms with Gasteiger partial charge in [0.05, 0.1) is 5.56 Å². The highest BCUT2D eigenvalue weighted by atomic mass is 19.1. The number of hydrogen-bond donors (Lipinski definition) is 0. The van der Waals surface area contributed by atoms with Crippen molar-refractivity contribution in [2.75, 3.05) is 0 Å². The first-order valence-electron chi connectivity index (χ1n) is 5.56. The molecule has 18 heavy (non-hydrogen) atoms. The Hall–Kier alpha value is -2.03. The normalized spacial score (nSPS) is 10.4. The van der Waals surface area contributed by atoms with E-state index < -0.39 is 17.4 Å². The van der Waals surface area contributed by atoms with Crippen LogP contribution in [0.25, 0.3) is 0 Å². The maximum absolute atomic E-state index is 13.7. The molecule has 2 aromatic rings. The predicted molar refractivity (Wildman–Crippen MR) is 65.7 cm³/mol. The SMILES string of the molecule is Cc1cc(F)c(C(=O)c2ccccc2C)cc1F. The van der Waals surface area contributed by atoms with E-state index in [0.29, 0.717) is 5.56 Å². The first-order chi connectivity index (χ1) is 8.50. The van der Waals surface area contributed by atoms with Crippen LogP contribution in [0.3, 0.4) is 0 Å². The van der Waals surface area contributed by atoms with E-state index in [0.717, 1.165) is 17.7 Å². The molecule has 0 spiro atoms. The minimum absolute atomic E-state index is 0.189. The maximum Gasteiger partial charge on any atom is 0.196 e. The fourth-order valence-electron chi connectivity index (χ4n) is 1.79. The van der Waals surface area contributed by atoms with Crippen molar-refractivity contribution in [1.29, 1.82) is 0 Å². The van der Waals surface area contributed by atoms with Gasteiger partial charge in [0, 0.05) is 5.56 Å². The predicted octanol–water partition coefficient (Wildman–Crippen LogP) is 3.81. The average Bonchev–Trinajstić information content (AvgIpc) is 2.33. The zero-order valence-corrected chi connectivity index (χ0v) is 10.1. The van der Waals surface area contributed by atoms with Gasteiger partial charge in [-0.1, -0.05) is 24.3 Å². The van der Waals surface area contributed by atoms with Crippen molar-refractivity contribution in [2.24, 2.45) is 0 Å². The van der Waals surface area contributed by atoms with Gasteiger partial charge in [0.15, 0.2) is 5.78 Å². The number of hydrogen-bond acceptors (Lipinski definition) is 1. The molecule has 0 radical (unpaired) electrons. The Balaban J connectivity index is 2.53. The Morgan fingerprint density at radius 2 is 1.56 bits per heavy atom. The summed E-state index contributed by atoms with van der Waals surface area (Å²) < 4.78 is 27.1. The highest BCUT2D eigenvalue weighted by molar-refractivity contribution is 6.10. The van der Waals surface area contributed by atoms with E-state index in [1.54, 1.807) is 31.2 Å². The van der Waals surface area contributed by atoms with E-state index in [2.05, 4.69) is 0 Å². The van der Waals surface area contributed by atoms with Crippen LogP contribution in [0.1, 0.15) is 27.0 Å². The molecule has 0 heterocycles. The maximum atomic E-state index is 13.7.